The van der Waals surface area contributed by atoms with Crippen molar-refractivity contribution in [3.63, 3.8) is 0 Å². The van der Waals surface area contributed by atoms with Crippen molar-refractivity contribution in [3.05, 3.63) is 0 Å². The van der Waals surface area contributed by atoms with Gasteiger partial charge in [-0.25, -0.2) is 0 Å². The average Bonchev–Trinajstić information content (AvgIpc) is 2.41. The predicted octanol–water partition coefficient (Wildman–Crippen LogP) is 2.57. The van der Waals surface area contributed by atoms with Gasteiger partial charge in [0.25, 0.3) is 0 Å². The Labute approximate surface area is 64.2 Å². The molecule has 1 heterocycles. The summed E-state index contributed by atoms with van der Waals surface area (Å²) in [5.41, 5.74) is 0. The second-order valence-corrected chi connectivity index (χ2v) is 5.49. The Morgan fingerprint density at radius 1 is 1.30 bits per heavy atom. The first kappa shape index (κ1) is 8.02. The summed E-state index contributed by atoms with van der Waals surface area (Å²) >= 11 is 0. The summed E-state index contributed by atoms with van der Waals surface area (Å²) in [5, 5.41) is 8.30. The highest BCUT2D eigenvalue weighted by Crippen LogP contribution is 2.43. The maximum absolute atomic E-state index is 8.30. The van der Waals surface area contributed by atoms with E-state index in [9.17, 15) is 0 Å². The lowest BCUT2D eigenvalue weighted by Gasteiger charge is -2.06. The molecule has 1 aliphatic heterocycles. The van der Waals surface area contributed by atoms with E-state index in [1.54, 1.807) is 0 Å². The second kappa shape index (κ2) is 4.69. The molecule has 1 nitrogen and oxygen atoms in total. The Morgan fingerprint density at radius 3 is 2.60 bits per heavy atom. The van der Waals surface area contributed by atoms with Crippen LogP contribution in [0.3, 0.4) is 0 Å². The van der Waals surface area contributed by atoms with E-state index in [0.717, 1.165) is 12.8 Å². The first-order valence-corrected chi connectivity index (χ1v) is 5.92. The lowest BCUT2D eigenvalue weighted by Crippen LogP contribution is -1.84. The number of nitrogens with zero attached hydrogens (tertiary/aromatic N) is 1. The molecule has 0 atom stereocenters. The van der Waals surface area contributed by atoms with Gasteiger partial charge in [-0.15, -0.1) is 7.92 Å². The largest absolute Gasteiger partial charge is 0.198 e. The summed E-state index contributed by atoms with van der Waals surface area (Å²) in [6, 6.07) is 2.20. The number of hydrogen-bond donors (Lipinski definition) is 0. The van der Waals surface area contributed by atoms with Crippen LogP contribution in [0.1, 0.15) is 25.7 Å². The summed E-state index contributed by atoms with van der Waals surface area (Å²) in [6.45, 7) is 0. The molecule has 0 radical (unpaired) electrons. The van der Waals surface area contributed by atoms with Crippen molar-refractivity contribution in [2.24, 2.45) is 0 Å². The Bertz CT molecular complexity index is 122. The molecule has 0 aliphatic carbocycles. The third kappa shape index (κ3) is 2.67. The van der Waals surface area contributed by atoms with Crippen LogP contribution < -0.4 is 0 Å². The zero-order valence-corrected chi connectivity index (χ0v) is 7.24. The molecule has 0 spiro atoms. The van der Waals surface area contributed by atoms with Gasteiger partial charge < -0.3 is 0 Å². The third-order valence-electron chi connectivity index (χ3n) is 1.96. The summed E-state index contributed by atoms with van der Waals surface area (Å²) in [7, 11) is 0.392. The van der Waals surface area contributed by atoms with Gasteiger partial charge in [-0.2, -0.15) is 5.26 Å². The molecule has 0 saturated carbocycles. The zero-order valence-electron chi connectivity index (χ0n) is 6.34. The minimum absolute atomic E-state index is 0.392. The third-order valence-corrected chi connectivity index (χ3v) is 4.81. The van der Waals surface area contributed by atoms with Crippen LogP contribution >= 0.6 is 7.92 Å². The van der Waals surface area contributed by atoms with Gasteiger partial charge >= 0.3 is 0 Å². The van der Waals surface area contributed by atoms with Crippen molar-refractivity contribution < 1.29 is 0 Å². The van der Waals surface area contributed by atoms with Gasteiger partial charge in [-0.05, 0) is 37.7 Å². The van der Waals surface area contributed by atoms with Crippen molar-refractivity contribution in [2.75, 3.05) is 18.5 Å². The fourth-order valence-corrected chi connectivity index (χ4v) is 4.01. The van der Waals surface area contributed by atoms with Crippen molar-refractivity contribution in [1.82, 2.24) is 0 Å². The van der Waals surface area contributed by atoms with Crippen LogP contribution in [0.2, 0.25) is 0 Å². The van der Waals surface area contributed by atoms with E-state index in [1.807, 2.05) is 0 Å². The molecule has 0 bridgehead atoms. The van der Waals surface area contributed by atoms with Gasteiger partial charge in [-0.1, -0.05) is 0 Å². The molecule has 10 heavy (non-hydrogen) atoms. The van der Waals surface area contributed by atoms with Crippen molar-refractivity contribution in [1.29, 1.82) is 5.26 Å². The molecular formula is C8H14NP. The van der Waals surface area contributed by atoms with E-state index >= 15 is 0 Å². The van der Waals surface area contributed by atoms with Crippen LogP contribution in [0, 0.1) is 11.3 Å². The van der Waals surface area contributed by atoms with Crippen molar-refractivity contribution >= 4 is 7.92 Å². The van der Waals surface area contributed by atoms with E-state index in [2.05, 4.69) is 6.07 Å². The monoisotopic (exact) mass is 155 g/mol. The van der Waals surface area contributed by atoms with Crippen LogP contribution in [0.15, 0.2) is 0 Å². The van der Waals surface area contributed by atoms with Crippen LogP contribution in [0.25, 0.3) is 0 Å². The van der Waals surface area contributed by atoms with E-state index in [0.29, 0.717) is 7.92 Å². The lowest BCUT2D eigenvalue weighted by atomic mass is 10.4. The minimum atomic E-state index is 0.392. The first-order chi connectivity index (χ1) is 4.93. The zero-order chi connectivity index (χ0) is 7.23. The van der Waals surface area contributed by atoms with Crippen LogP contribution in [0.4, 0.5) is 0 Å². The van der Waals surface area contributed by atoms with Gasteiger partial charge in [0.2, 0.25) is 0 Å². The molecule has 1 fully saturated rings. The number of unbranched alkanes of at least 4 members (excludes halogenated alkanes) is 1. The van der Waals surface area contributed by atoms with Crippen molar-refractivity contribution in [3.8, 4) is 6.07 Å². The van der Waals surface area contributed by atoms with Gasteiger partial charge in [0.15, 0.2) is 0 Å². The topological polar surface area (TPSA) is 23.8 Å². The summed E-state index contributed by atoms with van der Waals surface area (Å²) in [6.07, 6.45) is 9.18. The molecular weight excluding hydrogens is 141 g/mol. The quantitative estimate of drug-likeness (QED) is 0.454. The lowest BCUT2D eigenvalue weighted by molar-refractivity contribution is 0.949. The Kier molecular flexibility index (Phi) is 3.76. The van der Waals surface area contributed by atoms with Gasteiger partial charge in [0.1, 0.15) is 0 Å². The molecule has 1 saturated heterocycles. The molecule has 2 heteroatoms. The van der Waals surface area contributed by atoms with Crippen molar-refractivity contribution in [2.45, 2.75) is 25.7 Å². The summed E-state index contributed by atoms with van der Waals surface area (Å²) < 4.78 is 0. The van der Waals surface area contributed by atoms with E-state index in [-0.39, 0.29) is 0 Å². The van der Waals surface area contributed by atoms with Gasteiger partial charge in [-0.3, -0.25) is 0 Å². The molecule has 0 unspecified atom stereocenters. The second-order valence-electron chi connectivity index (χ2n) is 2.81. The Hall–Kier alpha value is -0.0800. The smallest absolute Gasteiger partial charge is 0.0621 e. The average molecular weight is 155 g/mol. The molecule has 0 N–H and O–H groups in total. The minimum Gasteiger partial charge on any atom is -0.198 e. The fourth-order valence-electron chi connectivity index (χ4n) is 1.39. The van der Waals surface area contributed by atoms with Crippen LogP contribution in [-0.2, 0) is 0 Å². The summed E-state index contributed by atoms with van der Waals surface area (Å²) in [4.78, 5) is 0. The highest BCUT2D eigenvalue weighted by atomic mass is 31.1. The normalized spacial score (nSPS) is 19.1. The molecule has 0 aromatic heterocycles. The molecule has 1 aliphatic rings. The standard InChI is InChI=1S/C8H14NP/c9-5-1-2-6-10-7-3-4-8-10/h1-4,6-8H2. The Balaban J connectivity index is 1.97. The van der Waals surface area contributed by atoms with Gasteiger partial charge in [0, 0.05) is 6.42 Å². The van der Waals surface area contributed by atoms with E-state index in [1.165, 1.54) is 31.3 Å². The predicted molar refractivity (Wildman–Crippen MR) is 45.6 cm³/mol. The van der Waals surface area contributed by atoms with Crippen LogP contribution in [-0.4, -0.2) is 18.5 Å². The van der Waals surface area contributed by atoms with Crippen LogP contribution in [0.5, 0.6) is 0 Å². The fraction of sp³-hybridized carbons (Fsp3) is 0.875. The number of rotatable bonds is 3. The first-order valence-electron chi connectivity index (χ1n) is 4.03. The number of nitriles is 1. The summed E-state index contributed by atoms with van der Waals surface area (Å²) in [5.74, 6) is 0. The molecule has 0 aromatic rings. The molecule has 0 aromatic carbocycles. The maximum atomic E-state index is 8.30. The Morgan fingerprint density at radius 2 is 2.00 bits per heavy atom. The van der Waals surface area contributed by atoms with E-state index in [4.69, 9.17) is 5.26 Å². The molecule has 1 rings (SSSR count). The molecule has 56 valence electrons. The highest BCUT2D eigenvalue weighted by molar-refractivity contribution is 7.57. The SMILES string of the molecule is N#CCCCP1CCCC1. The van der Waals surface area contributed by atoms with Gasteiger partial charge in [0.05, 0.1) is 6.07 Å². The maximum Gasteiger partial charge on any atom is 0.0621 e. The molecule has 0 amide bonds. The van der Waals surface area contributed by atoms with E-state index < -0.39 is 0 Å². The number of hydrogen-bond acceptors (Lipinski definition) is 1. The highest BCUT2D eigenvalue weighted by Gasteiger charge is 2.12.